The van der Waals surface area contributed by atoms with E-state index < -0.39 is 0 Å². The molecule has 0 aliphatic heterocycles. The van der Waals surface area contributed by atoms with Gasteiger partial charge >= 0.3 is 5.69 Å². The molecule has 5 heteroatoms. The minimum atomic E-state index is 0.215. The molecule has 0 aliphatic rings. The van der Waals surface area contributed by atoms with Gasteiger partial charge in [0, 0.05) is 10.5 Å². The highest BCUT2D eigenvalue weighted by Crippen LogP contribution is 2.25. The predicted molar refractivity (Wildman–Crippen MR) is 71.2 cm³/mol. The highest BCUT2D eigenvalue weighted by molar-refractivity contribution is 9.10. The van der Waals surface area contributed by atoms with Crippen molar-refractivity contribution in [2.75, 3.05) is 0 Å². The van der Waals surface area contributed by atoms with Crippen molar-refractivity contribution in [2.24, 2.45) is 5.84 Å². The smallest absolute Gasteiger partial charge is 0.304 e. The molecule has 2 aromatic carbocycles. The number of hydrazine groups is 1. The lowest BCUT2D eigenvalue weighted by Crippen LogP contribution is -2.09. The Morgan fingerprint density at radius 3 is 2.67 bits per heavy atom. The molecule has 0 spiro atoms. The summed E-state index contributed by atoms with van der Waals surface area (Å²) in [5.41, 5.74) is 1.26. The van der Waals surface area contributed by atoms with Crippen molar-refractivity contribution < 1.29 is 9.61 Å². The first-order valence-electron chi connectivity index (χ1n) is 5.27. The minimum Gasteiger partial charge on any atom is -0.488 e. The van der Waals surface area contributed by atoms with E-state index in [0.717, 1.165) is 5.56 Å². The van der Waals surface area contributed by atoms with E-state index in [4.69, 9.17) is 10.6 Å². The lowest BCUT2D eigenvalue weighted by molar-refractivity contribution is -0.475. The van der Waals surface area contributed by atoms with Crippen LogP contribution < -0.4 is 10.6 Å². The van der Waals surface area contributed by atoms with Crippen LogP contribution in [0.5, 0.6) is 5.75 Å². The number of nitrogens with two attached hydrogens (primary N) is 1. The fraction of sp³-hybridized carbons (Fsp3) is 0.0769. The van der Waals surface area contributed by atoms with Crippen molar-refractivity contribution >= 4 is 21.6 Å². The summed E-state index contributed by atoms with van der Waals surface area (Å²) in [6, 6.07) is 15.8. The van der Waals surface area contributed by atoms with Crippen LogP contribution in [0.2, 0.25) is 0 Å². The summed E-state index contributed by atoms with van der Waals surface area (Å²) < 4.78 is 6.27. The number of benzene rings is 2. The summed E-state index contributed by atoms with van der Waals surface area (Å²) in [5, 5.41) is 0. The molecule has 0 fully saturated rings. The van der Waals surface area contributed by atoms with Gasteiger partial charge in [0.1, 0.15) is 18.4 Å². The van der Waals surface area contributed by atoms with Crippen LogP contribution in [-0.4, -0.2) is 4.87 Å². The van der Waals surface area contributed by atoms with Gasteiger partial charge in [-0.15, -0.1) is 0 Å². The first kappa shape index (κ1) is 12.6. The third kappa shape index (κ3) is 3.30. The van der Waals surface area contributed by atoms with Crippen LogP contribution in [0.15, 0.2) is 46.9 Å². The largest absolute Gasteiger partial charge is 0.488 e. The Balaban J connectivity index is 2.12. The van der Waals surface area contributed by atoms with Gasteiger partial charge in [-0.05, 0) is 11.6 Å². The Labute approximate surface area is 113 Å². The Bertz CT molecular complexity index is 558. The molecule has 0 aliphatic carbocycles. The molecule has 0 bridgehead atoms. The van der Waals surface area contributed by atoms with E-state index in [1.165, 1.54) is 0 Å². The second kappa shape index (κ2) is 5.64. The van der Waals surface area contributed by atoms with Gasteiger partial charge in [-0.25, -0.2) is 0 Å². The molecule has 1 radical (unpaired) electrons. The third-order valence-corrected chi connectivity index (χ3v) is 2.73. The van der Waals surface area contributed by atoms with Crippen LogP contribution in [0.4, 0.5) is 5.69 Å². The molecule has 0 heterocycles. The Morgan fingerprint density at radius 2 is 2.00 bits per heavy atom. The summed E-state index contributed by atoms with van der Waals surface area (Å²) in [6.45, 7) is 0.413. The second-order valence-corrected chi connectivity index (χ2v) is 4.56. The molecule has 91 valence electrons. The van der Waals surface area contributed by atoms with Gasteiger partial charge in [0.25, 0.3) is 0 Å². The standard InChI is InChI=1S/C13H11BrN2O2/c14-11-6-12(16(15)17)8-13(7-11)18-9-10-4-2-1-3-5-10/h1-7H,9H2,(H2,15,17)/q+1. The number of nitroso groups, excluding NO2 is 1. The highest BCUT2D eigenvalue weighted by atomic mass is 79.9. The molecule has 0 saturated carbocycles. The van der Waals surface area contributed by atoms with Crippen LogP contribution in [-0.2, 0) is 6.61 Å². The molecular formula is C13H11BrN2O2+. The van der Waals surface area contributed by atoms with Crippen LogP contribution in [0.25, 0.3) is 0 Å². The summed E-state index contributed by atoms with van der Waals surface area (Å²) in [7, 11) is 0. The molecule has 4 nitrogen and oxygen atoms in total. The Morgan fingerprint density at radius 1 is 1.28 bits per heavy atom. The topological polar surface area (TPSA) is 55.3 Å². The van der Waals surface area contributed by atoms with Gasteiger partial charge in [-0.3, -0.25) is 0 Å². The highest BCUT2D eigenvalue weighted by Gasteiger charge is 2.13. The molecule has 18 heavy (non-hydrogen) atoms. The monoisotopic (exact) mass is 306 g/mol. The van der Waals surface area contributed by atoms with Crippen LogP contribution in [0, 0.1) is 11.0 Å². The molecule has 0 aromatic heterocycles. The summed E-state index contributed by atoms with van der Waals surface area (Å²) in [4.78, 5) is 11.3. The van der Waals surface area contributed by atoms with Crippen LogP contribution in [0.1, 0.15) is 5.56 Å². The quantitative estimate of drug-likeness (QED) is 0.536. The lowest BCUT2D eigenvalue weighted by atomic mass is 10.2. The number of hydrogen-bond donors (Lipinski definition) is 1. The Hall–Kier alpha value is -1.88. The van der Waals surface area contributed by atoms with Crippen molar-refractivity contribution in [2.45, 2.75) is 6.61 Å². The molecule has 2 rings (SSSR count). The predicted octanol–water partition coefficient (Wildman–Crippen LogP) is 3.11. The van der Waals surface area contributed by atoms with Gasteiger partial charge < -0.3 is 4.74 Å². The minimum absolute atomic E-state index is 0.215. The zero-order chi connectivity index (χ0) is 13.0. The first-order chi connectivity index (χ1) is 8.65. The van der Waals surface area contributed by atoms with Gasteiger partial charge in [-0.1, -0.05) is 46.3 Å². The molecule has 0 amide bonds. The number of rotatable bonds is 4. The number of nitrogens with zero attached hydrogens (tertiary/aromatic N) is 1. The molecule has 2 aromatic rings. The lowest BCUT2D eigenvalue weighted by Gasteiger charge is -2.05. The normalized spacial score (nSPS) is 10.1. The average Bonchev–Trinajstić information content (AvgIpc) is 2.37. The fourth-order valence-electron chi connectivity index (χ4n) is 1.43. The first-order valence-corrected chi connectivity index (χ1v) is 6.06. The number of hydrogen-bond acceptors (Lipinski definition) is 2. The van der Waals surface area contributed by atoms with Gasteiger partial charge in [0.05, 0.1) is 4.91 Å². The second-order valence-electron chi connectivity index (χ2n) is 3.65. The van der Waals surface area contributed by atoms with Gasteiger partial charge in [-0.2, -0.15) is 5.84 Å². The van der Waals surface area contributed by atoms with Crippen molar-refractivity contribution in [1.29, 1.82) is 0 Å². The maximum absolute atomic E-state index is 11.0. The van der Waals surface area contributed by atoms with Gasteiger partial charge in [0.15, 0.2) is 4.87 Å². The van der Waals surface area contributed by atoms with E-state index in [9.17, 15) is 4.91 Å². The zero-order valence-corrected chi connectivity index (χ0v) is 11.1. The summed E-state index contributed by atoms with van der Waals surface area (Å²) in [6.07, 6.45) is 0. The fourth-order valence-corrected chi connectivity index (χ4v) is 1.85. The van der Waals surface area contributed by atoms with Crippen LogP contribution in [0.3, 0.4) is 0 Å². The molecular weight excluding hydrogens is 296 g/mol. The van der Waals surface area contributed by atoms with Crippen molar-refractivity contribution in [3.05, 3.63) is 63.5 Å². The van der Waals surface area contributed by atoms with Crippen molar-refractivity contribution in [1.82, 2.24) is 0 Å². The molecule has 0 saturated heterocycles. The van der Waals surface area contributed by atoms with Gasteiger partial charge in [0.2, 0.25) is 0 Å². The number of halogens is 1. The zero-order valence-electron chi connectivity index (χ0n) is 9.47. The average molecular weight is 307 g/mol. The summed E-state index contributed by atoms with van der Waals surface area (Å²) >= 11 is 3.29. The van der Waals surface area contributed by atoms with E-state index in [1.54, 1.807) is 12.1 Å². The van der Waals surface area contributed by atoms with E-state index in [0.29, 0.717) is 16.8 Å². The molecule has 0 unspecified atom stereocenters. The molecule has 2 N–H and O–H groups in total. The van der Waals surface area contributed by atoms with E-state index in [1.807, 2.05) is 30.3 Å². The van der Waals surface area contributed by atoms with Crippen LogP contribution >= 0.6 is 15.9 Å². The Kier molecular flexibility index (Phi) is 3.94. The maximum Gasteiger partial charge on any atom is 0.304 e. The molecule has 0 atom stereocenters. The van der Waals surface area contributed by atoms with E-state index in [2.05, 4.69) is 22.0 Å². The van der Waals surface area contributed by atoms with E-state index in [-0.39, 0.29) is 10.6 Å². The number of ether oxygens (including phenoxy) is 1. The van der Waals surface area contributed by atoms with Crippen molar-refractivity contribution in [3.8, 4) is 5.75 Å². The third-order valence-electron chi connectivity index (χ3n) is 2.27. The van der Waals surface area contributed by atoms with E-state index >= 15 is 0 Å². The van der Waals surface area contributed by atoms with Crippen molar-refractivity contribution in [3.63, 3.8) is 0 Å². The SMILES string of the molecule is N[N+](=O)c1[c]c(OCc2ccccc2)cc(Br)c1. The summed E-state index contributed by atoms with van der Waals surface area (Å²) in [5.74, 6) is 5.60. The maximum atomic E-state index is 11.0.